The SMILES string of the molecule is CCCCCCOc1ccc(-c2ccc(-c3ccc(CCCCCC)cn3)cc2)c(F)c1. The number of ether oxygens (including phenoxy) is 1. The van der Waals surface area contributed by atoms with E-state index in [4.69, 9.17) is 4.74 Å². The molecule has 3 heteroatoms. The van der Waals surface area contributed by atoms with Crippen LogP contribution < -0.4 is 4.74 Å². The number of hydrogen-bond acceptors (Lipinski definition) is 2. The van der Waals surface area contributed by atoms with Gasteiger partial charge < -0.3 is 4.74 Å². The van der Waals surface area contributed by atoms with E-state index in [0.29, 0.717) is 17.9 Å². The van der Waals surface area contributed by atoms with Crippen molar-refractivity contribution in [1.82, 2.24) is 4.98 Å². The molecule has 0 bridgehead atoms. The number of nitrogens with zero attached hydrogens (tertiary/aromatic N) is 1. The molecule has 0 fully saturated rings. The van der Waals surface area contributed by atoms with Crippen molar-refractivity contribution in [3.05, 3.63) is 72.2 Å². The molecule has 0 amide bonds. The van der Waals surface area contributed by atoms with Gasteiger partial charge in [0.25, 0.3) is 0 Å². The zero-order valence-corrected chi connectivity index (χ0v) is 19.6. The quantitative estimate of drug-likeness (QED) is 0.252. The largest absolute Gasteiger partial charge is 0.493 e. The van der Waals surface area contributed by atoms with Crippen LogP contribution in [0.1, 0.15) is 70.8 Å². The molecule has 1 heterocycles. The van der Waals surface area contributed by atoms with Gasteiger partial charge in [0.05, 0.1) is 12.3 Å². The van der Waals surface area contributed by atoms with Gasteiger partial charge in [0.15, 0.2) is 0 Å². The maximum absolute atomic E-state index is 14.7. The highest BCUT2D eigenvalue weighted by Gasteiger charge is 2.08. The van der Waals surface area contributed by atoms with Crippen LogP contribution in [0, 0.1) is 5.82 Å². The van der Waals surface area contributed by atoms with Crippen LogP contribution in [0.5, 0.6) is 5.75 Å². The lowest BCUT2D eigenvalue weighted by Crippen LogP contribution is -1.98. The highest BCUT2D eigenvalue weighted by Crippen LogP contribution is 2.28. The Morgan fingerprint density at radius 3 is 2.12 bits per heavy atom. The lowest BCUT2D eigenvalue weighted by atomic mass is 10.0. The first kappa shape index (κ1) is 24.0. The number of halogens is 1. The fourth-order valence-electron chi connectivity index (χ4n) is 3.86. The predicted octanol–water partition coefficient (Wildman–Crippen LogP) is 8.64. The second-order valence-electron chi connectivity index (χ2n) is 8.49. The highest BCUT2D eigenvalue weighted by atomic mass is 19.1. The van der Waals surface area contributed by atoms with E-state index in [9.17, 15) is 4.39 Å². The minimum absolute atomic E-state index is 0.255. The minimum atomic E-state index is -0.255. The Bertz CT molecular complexity index is 934. The van der Waals surface area contributed by atoms with E-state index in [1.54, 1.807) is 6.07 Å². The molecule has 0 unspecified atom stereocenters. The van der Waals surface area contributed by atoms with E-state index in [2.05, 4.69) is 31.0 Å². The standard InChI is InChI=1S/C29H36FNO/c1-3-5-7-9-11-23-12-19-29(31-22-23)25-15-13-24(14-16-25)27-18-17-26(21-28(27)30)32-20-10-8-6-4-2/h12-19,21-22H,3-11,20H2,1-2H3. The third kappa shape index (κ3) is 7.19. The zero-order chi connectivity index (χ0) is 22.6. The molecule has 0 aliphatic rings. The molecule has 0 saturated heterocycles. The Morgan fingerprint density at radius 2 is 1.47 bits per heavy atom. The molecule has 0 saturated carbocycles. The molecule has 0 aliphatic heterocycles. The first-order valence-corrected chi connectivity index (χ1v) is 12.2. The van der Waals surface area contributed by atoms with Gasteiger partial charge in [-0.3, -0.25) is 4.98 Å². The van der Waals surface area contributed by atoms with Crippen LogP contribution in [0.3, 0.4) is 0 Å². The maximum atomic E-state index is 14.7. The molecule has 0 radical (unpaired) electrons. The zero-order valence-electron chi connectivity index (χ0n) is 19.6. The van der Waals surface area contributed by atoms with Crippen LogP contribution in [0.15, 0.2) is 60.8 Å². The molecule has 2 nitrogen and oxygen atoms in total. The van der Waals surface area contributed by atoms with E-state index in [1.807, 2.05) is 36.5 Å². The lowest BCUT2D eigenvalue weighted by molar-refractivity contribution is 0.303. The summed E-state index contributed by atoms with van der Waals surface area (Å²) in [5, 5.41) is 0. The van der Waals surface area contributed by atoms with Gasteiger partial charge in [-0.15, -0.1) is 0 Å². The van der Waals surface area contributed by atoms with E-state index in [1.165, 1.54) is 50.2 Å². The third-order valence-electron chi connectivity index (χ3n) is 5.84. The van der Waals surface area contributed by atoms with E-state index >= 15 is 0 Å². The van der Waals surface area contributed by atoms with Crippen molar-refractivity contribution in [2.24, 2.45) is 0 Å². The summed E-state index contributed by atoms with van der Waals surface area (Å²) >= 11 is 0. The Labute approximate surface area is 192 Å². The van der Waals surface area contributed by atoms with Crippen LogP contribution in [0.25, 0.3) is 22.4 Å². The Hall–Kier alpha value is -2.68. The summed E-state index contributed by atoms with van der Waals surface area (Å²) in [5.74, 6) is 0.340. The third-order valence-corrected chi connectivity index (χ3v) is 5.84. The number of hydrogen-bond donors (Lipinski definition) is 0. The fourth-order valence-corrected chi connectivity index (χ4v) is 3.86. The Kier molecular flexibility index (Phi) is 9.74. The minimum Gasteiger partial charge on any atom is -0.493 e. The molecule has 2 aromatic carbocycles. The summed E-state index contributed by atoms with van der Waals surface area (Å²) in [6, 6.07) is 17.3. The maximum Gasteiger partial charge on any atom is 0.134 e. The molecule has 32 heavy (non-hydrogen) atoms. The topological polar surface area (TPSA) is 22.1 Å². The number of benzene rings is 2. The summed E-state index contributed by atoms with van der Waals surface area (Å²) in [6.45, 7) is 5.05. The number of aryl methyl sites for hydroxylation is 1. The van der Waals surface area contributed by atoms with Gasteiger partial charge in [0.2, 0.25) is 0 Å². The monoisotopic (exact) mass is 433 g/mol. The molecule has 170 valence electrons. The normalized spacial score (nSPS) is 11.0. The molecule has 0 atom stereocenters. The van der Waals surface area contributed by atoms with Crippen LogP contribution in [-0.2, 0) is 6.42 Å². The average Bonchev–Trinajstić information content (AvgIpc) is 2.82. The molecule has 0 N–H and O–H groups in total. The van der Waals surface area contributed by atoms with Crippen molar-refractivity contribution in [3.8, 4) is 28.1 Å². The Morgan fingerprint density at radius 1 is 0.750 bits per heavy atom. The number of aromatic nitrogens is 1. The summed E-state index contributed by atoms with van der Waals surface area (Å²) in [6.07, 6.45) is 12.7. The van der Waals surface area contributed by atoms with Gasteiger partial charge >= 0.3 is 0 Å². The fraction of sp³-hybridized carbons (Fsp3) is 0.414. The smallest absolute Gasteiger partial charge is 0.134 e. The van der Waals surface area contributed by atoms with E-state index in [0.717, 1.165) is 36.1 Å². The van der Waals surface area contributed by atoms with Crippen LogP contribution in [0.2, 0.25) is 0 Å². The molecular formula is C29H36FNO. The number of rotatable bonds is 13. The first-order chi connectivity index (χ1) is 15.7. The lowest BCUT2D eigenvalue weighted by Gasteiger charge is -2.10. The van der Waals surface area contributed by atoms with E-state index in [-0.39, 0.29) is 5.82 Å². The van der Waals surface area contributed by atoms with E-state index < -0.39 is 0 Å². The van der Waals surface area contributed by atoms with Gasteiger partial charge in [-0.1, -0.05) is 82.7 Å². The molecule has 1 aromatic heterocycles. The second-order valence-corrected chi connectivity index (χ2v) is 8.49. The van der Waals surface area contributed by atoms with Crippen LogP contribution in [0.4, 0.5) is 4.39 Å². The summed E-state index contributed by atoms with van der Waals surface area (Å²) < 4.78 is 20.4. The van der Waals surface area contributed by atoms with Crippen LogP contribution in [-0.4, -0.2) is 11.6 Å². The predicted molar refractivity (Wildman–Crippen MR) is 133 cm³/mol. The molecule has 3 rings (SSSR count). The van der Waals surface area contributed by atoms with Crippen molar-refractivity contribution >= 4 is 0 Å². The summed E-state index contributed by atoms with van der Waals surface area (Å²) in [7, 11) is 0. The van der Waals surface area contributed by atoms with Crippen LogP contribution >= 0.6 is 0 Å². The Balaban J connectivity index is 1.59. The summed E-state index contributed by atoms with van der Waals surface area (Å²) in [5.41, 5.74) is 4.72. The first-order valence-electron chi connectivity index (χ1n) is 12.2. The van der Waals surface area contributed by atoms with Crippen molar-refractivity contribution in [2.75, 3.05) is 6.61 Å². The summed E-state index contributed by atoms with van der Waals surface area (Å²) in [4.78, 5) is 4.64. The average molecular weight is 434 g/mol. The van der Waals surface area contributed by atoms with Gasteiger partial charge in [-0.05, 0) is 48.6 Å². The van der Waals surface area contributed by atoms with Gasteiger partial charge in [0, 0.05) is 23.4 Å². The van der Waals surface area contributed by atoms with Gasteiger partial charge in [-0.25, -0.2) is 4.39 Å². The molecule has 0 spiro atoms. The molecule has 3 aromatic rings. The second kappa shape index (κ2) is 13.0. The van der Waals surface area contributed by atoms with Crippen molar-refractivity contribution < 1.29 is 9.13 Å². The van der Waals surface area contributed by atoms with Gasteiger partial charge in [0.1, 0.15) is 11.6 Å². The molecular weight excluding hydrogens is 397 g/mol. The highest BCUT2D eigenvalue weighted by molar-refractivity contribution is 5.69. The number of unbranched alkanes of at least 4 members (excludes halogenated alkanes) is 6. The van der Waals surface area contributed by atoms with Crippen molar-refractivity contribution in [2.45, 2.75) is 71.6 Å². The van der Waals surface area contributed by atoms with Crippen molar-refractivity contribution in [3.63, 3.8) is 0 Å². The van der Waals surface area contributed by atoms with Gasteiger partial charge in [-0.2, -0.15) is 0 Å². The number of pyridine rings is 1. The van der Waals surface area contributed by atoms with Crippen molar-refractivity contribution in [1.29, 1.82) is 0 Å². The molecule has 0 aliphatic carbocycles.